The van der Waals surface area contributed by atoms with Crippen LogP contribution in [0.2, 0.25) is 10.0 Å². The Morgan fingerprint density at radius 3 is 2.40 bits per heavy atom. The summed E-state index contributed by atoms with van der Waals surface area (Å²) in [5.41, 5.74) is 0. The van der Waals surface area contributed by atoms with Crippen LogP contribution >= 0.6 is 39.1 Å². The average molecular weight is 333 g/mol. The molecule has 0 amide bonds. The molecule has 0 atom stereocenters. The molecule has 3 nitrogen and oxygen atoms in total. The molecule has 0 aromatic heterocycles. The second-order valence-electron chi connectivity index (χ2n) is 2.70. The van der Waals surface area contributed by atoms with Crippen molar-refractivity contribution in [3.05, 3.63) is 26.7 Å². The highest BCUT2D eigenvalue weighted by atomic mass is 79.9. The normalized spacial score (nSPS) is 11.7. The number of hydrogen-bond donors (Lipinski definition) is 1. The van der Waals surface area contributed by atoms with Crippen LogP contribution < -0.4 is 4.72 Å². The number of nitrogens with one attached hydrogen (secondary N) is 1. The molecule has 1 rings (SSSR count). The van der Waals surface area contributed by atoms with Gasteiger partial charge in [-0.05, 0) is 28.1 Å². The van der Waals surface area contributed by atoms with Gasteiger partial charge in [0.1, 0.15) is 0 Å². The minimum absolute atomic E-state index is 0.0822. The van der Waals surface area contributed by atoms with Crippen molar-refractivity contribution < 1.29 is 8.42 Å². The van der Waals surface area contributed by atoms with Gasteiger partial charge in [0.05, 0.1) is 14.9 Å². The van der Waals surface area contributed by atoms with Crippen molar-refractivity contribution >= 4 is 49.2 Å². The first-order chi connectivity index (χ1) is 6.88. The van der Waals surface area contributed by atoms with E-state index in [0.29, 0.717) is 16.0 Å². The van der Waals surface area contributed by atoms with Crippen LogP contribution in [-0.4, -0.2) is 15.0 Å². The zero-order chi connectivity index (χ0) is 11.6. The van der Waals surface area contributed by atoms with Gasteiger partial charge < -0.3 is 0 Å². The minimum atomic E-state index is -3.52. The lowest BCUT2D eigenvalue weighted by atomic mass is 10.4. The van der Waals surface area contributed by atoms with Gasteiger partial charge in [-0.25, -0.2) is 13.1 Å². The van der Waals surface area contributed by atoms with Gasteiger partial charge in [0.15, 0.2) is 0 Å². The summed E-state index contributed by atoms with van der Waals surface area (Å²) >= 11 is 14.6. The molecule has 0 fully saturated rings. The Balaban J connectivity index is 3.33. The highest BCUT2D eigenvalue weighted by Gasteiger charge is 2.18. The highest BCUT2D eigenvalue weighted by Crippen LogP contribution is 2.31. The summed E-state index contributed by atoms with van der Waals surface area (Å²) in [6, 6.07) is 2.76. The monoisotopic (exact) mass is 331 g/mol. The first-order valence-corrected chi connectivity index (χ1v) is 7.06. The van der Waals surface area contributed by atoms with Crippen LogP contribution in [0.4, 0.5) is 0 Å². The van der Waals surface area contributed by atoms with Gasteiger partial charge >= 0.3 is 0 Å². The van der Waals surface area contributed by atoms with Crippen LogP contribution in [0.5, 0.6) is 0 Å². The topological polar surface area (TPSA) is 46.2 Å². The van der Waals surface area contributed by atoms with Crippen molar-refractivity contribution in [3.63, 3.8) is 0 Å². The van der Waals surface area contributed by atoms with Gasteiger partial charge in [0.2, 0.25) is 10.0 Å². The molecule has 0 bridgehead atoms. The zero-order valence-corrected chi connectivity index (χ0v) is 11.6. The molecule has 1 aromatic rings. The molecule has 0 aliphatic rings. The smallest absolute Gasteiger partial charge is 0.211 e. The van der Waals surface area contributed by atoms with E-state index in [4.69, 9.17) is 23.2 Å². The first kappa shape index (κ1) is 13.3. The molecular formula is C8H8BrCl2NO2S. The van der Waals surface area contributed by atoms with E-state index in [0.717, 1.165) is 0 Å². The molecule has 7 heteroatoms. The Morgan fingerprint density at radius 1 is 1.33 bits per heavy atom. The van der Waals surface area contributed by atoms with Crippen LogP contribution in [0.25, 0.3) is 0 Å². The van der Waals surface area contributed by atoms with E-state index in [1.54, 1.807) is 6.92 Å². The number of rotatable bonds is 3. The third kappa shape index (κ3) is 3.07. The fourth-order valence-corrected chi connectivity index (χ4v) is 3.61. The van der Waals surface area contributed by atoms with Gasteiger partial charge in [0.25, 0.3) is 0 Å². The molecule has 0 unspecified atom stereocenters. The quantitative estimate of drug-likeness (QED) is 0.865. The van der Waals surface area contributed by atoms with Crippen LogP contribution in [0, 0.1) is 0 Å². The lowest BCUT2D eigenvalue weighted by Gasteiger charge is -2.08. The van der Waals surface area contributed by atoms with Crippen molar-refractivity contribution in [1.82, 2.24) is 4.72 Å². The van der Waals surface area contributed by atoms with E-state index < -0.39 is 10.0 Å². The maximum absolute atomic E-state index is 11.7. The summed E-state index contributed by atoms with van der Waals surface area (Å²) in [5, 5.41) is 0.510. The van der Waals surface area contributed by atoms with E-state index in [9.17, 15) is 8.42 Å². The van der Waals surface area contributed by atoms with E-state index in [2.05, 4.69) is 20.7 Å². The molecule has 1 N–H and O–H groups in total. The van der Waals surface area contributed by atoms with E-state index >= 15 is 0 Å². The predicted molar refractivity (Wildman–Crippen MR) is 65.0 cm³/mol. The number of sulfonamides is 1. The second-order valence-corrected chi connectivity index (χ2v) is 6.10. The average Bonchev–Trinajstić information content (AvgIpc) is 2.11. The standard InChI is InChI=1S/C8H8BrCl2NO2S/c1-2-12-15(13,14)8-4-7(11)6(10)3-5(8)9/h3-4,12H,2H2,1H3. The third-order valence-electron chi connectivity index (χ3n) is 1.60. The van der Waals surface area contributed by atoms with Crippen molar-refractivity contribution in [2.24, 2.45) is 0 Å². The molecule has 0 radical (unpaired) electrons. The van der Waals surface area contributed by atoms with Gasteiger partial charge in [-0.1, -0.05) is 30.1 Å². The summed E-state index contributed by atoms with van der Waals surface area (Å²) < 4.78 is 26.1. The van der Waals surface area contributed by atoms with Crippen molar-refractivity contribution in [3.8, 4) is 0 Å². The lowest BCUT2D eigenvalue weighted by Crippen LogP contribution is -2.23. The maximum Gasteiger partial charge on any atom is 0.241 e. The molecule has 0 saturated carbocycles. The van der Waals surface area contributed by atoms with Crippen molar-refractivity contribution in [2.45, 2.75) is 11.8 Å². The molecule has 1 aromatic carbocycles. The molecule has 0 aliphatic carbocycles. The molecular weight excluding hydrogens is 325 g/mol. The van der Waals surface area contributed by atoms with Gasteiger partial charge in [-0.15, -0.1) is 0 Å². The second kappa shape index (κ2) is 5.01. The van der Waals surface area contributed by atoms with Crippen molar-refractivity contribution in [2.75, 3.05) is 6.54 Å². The molecule has 0 heterocycles. The minimum Gasteiger partial charge on any atom is -0.211 e. The van der Waals surface area contributed by atoms with Crippen LogP contribution in [0.15, 0.2) is 21.5 Å². The zero-order valence-electron chi connectivity index (χ0n) is 7.72. The fraction of sp³-hybridized carbons (Fsp3) is 0.250. The lowest BCUT2D eigenvalue weighted by molar-refractivity contribution is 0.583. The summed E-state index contributed by atoms with van der Waals surface area (Å²) in [5.74, 6) is 0. The van der Waals surface area contributed by atoms with Crippen LogP contribution in [0.3, 0.4) is 0 Å². The van der Waals surface area contributed by atoms with E-state index in [1.165, 1.54) is 12.1 Å². The van der Waals surface area contributed by atoms with E-state index in [1.807, 2.05) is 0 Å². The molecule has 0 aliphatic heterocycles. The maximum atomic E-state index is 11.7. The molecule has 84 valence electrons. The van der Waals surface area contributed by atoms with Crippen molar-refractivity contribution in [1.29, 1.82) is 0 Å². The summed E-state index contributed by atoms with van der Waals surface area (Å²) in [7, 11) is -3.52. The SMILES string of the molecule is CCNS(=O)(=O)c1cc(Cl)c(Cl)cc1Br. The number of benzene rings is 1. The highest BCUT2D eigenvalue weighted by molar-refractivity contribution is 9.10. The van der Waals surface area contributed by atoms with Gasteiger partial charge in [-0.3, -0.25) is 0 Å². The number of hydrogen-bond acceptors (Lipinski definition) is 2. The van der Waals surface area contributed by atoms with Gasteiger partial charge in [-0.2, -0.15) is 0 Å². The molecule has 0 saturated heterocycles. The summed E-state index contributed by atoms with van der Waals surface area (Å²) in [6.45, 7) is 2.01. The van der Waals surface area contributed by atoms with E-state index in [-0.39, 0.29) is 9.92 Å². The Morgan fingerprint density at radius 2 is 1.87 bits per heavy atom. The Bertz CT molecular complexity index is 476. The largest absolute Gasteiger partial charge is 0.241 e. The predicted octanol–water partition coefficient (Wildman–Crippen LogP) is 3.05. The first-order valence-electron chi connectivity index (χ1n) is 4.02. The molecule has 0 spiro atoms. The third-order valence-corrected chi connectivity index (χ3v) is 4.82. The Labute approximate surface area is 107 Å². The molecule has 15 heavy (non-hydrogen) atoms. The Hall–Kier alpha value is 0.190. The van der Waals surface area contributed by atoms with Crippen LogP contribution in [-0.2, 0) is 10.0 Å². The summed E-state index contributed by atoms with van der Waals surface area (Å²) in [6.07, 6.45) is 0. The number of halogens is 3. The summed E-state index contributed by atoms with van der Waals surface area (Å²) in [4.78, 5) is 0.0822. The van der Waals surface area contributed by atoms with Gasteiger partial charge in [0, 0.05) is 11.0 Å². The fourth-order valence-electron chi connectivity index (χ4n) is 0.978. The van der Waals surface area contributed by atoms with Crippen LogP contribution in [0.1, 0.15) is 6.92 Å². The Kier molecular flexibility index (Phi) is 4.43.